The molecule has 0 atom stereocenters. The Labute approximate surface area is 82.7 Å². The van der Waals surface area contributed by atoms with Gasteiger partial charge in [0.1, 0.15) is 5.75 Å². The molecule has 0 amide bonds. The zero-order valence-electron chi connectivity index (χ0n) is 8.22. The maximum absolute atomic E-state index is 12.7. The molecule has 0 fully saturated rings. The number of benzene rings is 1. The summed E-state index contributed by atoms with van der Waals surface area (Å²) in [7, 11) is 0. The molecule has 0 aliphatic rings. The van der Waals surface area contributed by atoms with E-state index in [0.717, 1.165) is 31.4 Å². The summed E-state index contributed by atoms with van der Waals surface area (Å²) in [6, 6.07) is 3.58. The fourth-order valence-corrected chi connectivity index (χ4v) is 1.11. The number of halogens is 2. The van der Waals surface area contributed by atoms with E-state index in [0.29, 0.717) is 12.4 Å². The van der Waals surface area contributed by atoms with Gasteiger partial charge in [0.15, 0.2) is 11.6 Å². The molecule has 1 aromatic carbocycles. The average Bonchev–Trinajstić information content (AvgIpc) is 2.18. The lowest BCUT2D eigenvalue weighted by molar-refractivity contribution is 0.303. The van der Waals surface area contributed by atoms with Gasteiger partial charge in [-0.25, -0.2) is 8.78 Å². The third-order valence-electron chi connectivity index (χ3n) is 1.91. The van der Waals surface area contributed by atoms with Gasteiger partial charge in [0, 0.05) is 6.07 Å². The number of hydrogen-bond acceptors (Lipinski definition) is 1. The van der Waals surface area contributed by atoms with Crippen LogP contribution in [0.5, 0.6) is 5.75 Å². The standard InChI is InChI=1S/C11H14F2O/c1-2-3-4-7-14-9-5-6-10(12)11(13)8-9/h5-6,8H,2-4,7H2,1H3. The third-order valence-corrected chi connectivity index (χ3v) is 1.91. The maximum Gasteiger partial charge on any atom is 0.162 e. The molecule has 0 N–H and O–H groups in total. The van der Waals surface area contributed by atoms with Crippen LogP contribution < -0.4 is 4.74 Å². The largest absolute Gasteiger partial charge is 0.493 e. The predicted molar refractivity (Wildman–Crippen MR) is 51.4 cm³/mol. The molecule has 0 saturated heterocycles. The lowest BCUT2D eigenvalue weighted by Crippen LogP contribution is -1.97. The smallest absolute Gasteiger partial charge is 0.162 e. The first-order valence-corrected chi connectivity index (χ1v) is 4.82. The first-order valence-electron chi connectivity index (χ1n) is 4.82. The van der Waals surface area contributed by atoms with Crippen LogP contribution in [-0.4, -0.2) is 6.61 Å². The van der Waals surface area contributed by atoms with Crippen molar-refractivity contribution in [2.24, 2.45) is 0 Å². The third kappa shape index (κ3) is 3.32. The van der Waals surface area contributed by atoms with Crippen molar-refractivity contribution in [3.05, 3.63) is 29.8 Å². The Hall–Kier alpha value is -1.12. The molecule has 0 aliphatic carbocycles. The van der Waals surface area contributed by atoms with Gasteiger partial charge in [-0.3, -0.25) is 0 Å². The summed E-state index contributed by atoms with van der Waals surface area (Å²) in [4.78, 5) is 0. The van der Waals surface area contributed by atoms with Gasteiger partial charge in [-0.05, 0) is 18.6 Å². The van der Waals surface area contributed by atoms with Crippen molar-refractivity contribution >= 4 is 0 Å². The summed E-state index contributed by atoms with van der Waals surface area (Å²) in [6.45, 7) is 2.65. The summed E-state index contributed by atoms with van der Waals surface area (Å²) < 4.78 is 30.4. The molecule has 0 bridgehead atoms. The van der Waals surface area contributed by atoms with Crippen molar-refractivity contribution in [3.63, 3.8) is 0 Å². The molecule has 0 spiro atoms. The summed E-state index contributed by atoms with van der Waals surface area (Å²) in [5.74, 6) is -1.32. The topological polar surface area (TPSA) is 9.23 Å². The average molecular weight is 200 g/mol. The minimum atomic E-state index is -0.863. The minimum absolute atomic E-state index is 0.389. The summed E-state index contributed by atoms with van der Waals surface area (Å²) in [5, 5.41) is 0. The fourth-order valence-electron chi connectivity index (χ4n) is 1.11. The Bertz CT molecular complexity index is 287. The Morgan fingerprint density at radius 1 is 1.14 bits per heavy atom. The van der Waals surface area contributed by atoms with Crippen molar-refractivity contribution in [2.75, 3.05) is 6.61 Å². The molecule has 3 heteroatoms. The highest BCUT2D eigenvalue weighted by Crippen LogP contribution is 2.15. The highest BCUT2D eigenvalue weighted by molar-refractivity contribution is 5.23. The molecule has 78 valence electrons. The fraction of sp³-hybridized carbons (Fsp3) is 0.455. The maximum atomic E-state index is 12.7. The van der Waals surface area contributed by atoms with Gasteiger partial charge >= 0.3 is 0 Å². The van der Waals surface area contributed by atoms with Crippen LogP contribution in [0.15, 0.2) is 18.2 Å². The molecule has 0 aliphatic heterocycles. The van der Waals surface area contributed by atoms with Gasteiger partial charge in [-0.15, -0.1) is 0 Å². The van der Waals surface area contributed by atoms with Crippen LogP contribution in [0.25, 0.3) is 0 Å². The van der Waals surface area contributed by atoms with Crippen molar-refractivity contribution < 1.29 is 13.5 Å². The SMILES string of the molecule is CCCCCOc1ccc(F)c(F)c1. The van der Waals surface area contributed by atoms with Crippen LogP contribution in [0.1, 0.15) is 26.2 Å². The second-order valence-corrected chi connectivity index (χ2v) is 3.13. The Morgan fingerprint density at radius 3 is 2.57 bits per heavy atom. The molecule has 0 heterocycles. The van der Waals surface area contributed by atoms with E-state index in [1.807, 2.05) is 0 Å². The molecule has 1 rings (SSSR count). The minimum Gasteiger partial charge on any atom is -0.493 e. The van der Waals surface area contributed by atoms with Gasteiger partial charge in [-0.1, -0.05) is 19.8 Å². The molecule has 0 radical (unpaired) electrons. The second kappa shape index (κ2) is 5.58. The number of hydrogen-bond donors (Lipinski definition) is 0. The molecule has 1 aromatic rings. The van der Waals surface area contributed by atoms with Crippen molar-refractivity contribution in [1.29, 1.82) is 0 Å². The Kier molecular flexibility index (Phi) is 4.36. The van der Waals surface area contributed by atoms with E-state index >= 15 is 0 Å². The first-order chi connectivity index (χ1) is 6.74. The monoisotopic (exact) mass is 200 g/mol. The predicted octanol–water partition coefficient (Wildman–Crippen LogP) is 3.53. The van der Waals surface area contributed by atoms with E-state index in [1.165, 1.54) is 6.07 Å². The molecular weight excluding hydrogens is 186 g/mol. The van der Waals surface area contributed by atoms with E-state index in [-0.39, 0.29) is 0 Å². The number of unbranched alkanes of at least 4 members (excludes halogenated alkanes) is 2. The highest BCUT2D eigenvalue weighted by atomic mass is 19.2. The van der Waals surface area contributed by atoms with Gasteiger partial charge < -0.3 is 4.74 Å². The van der Waals surface area contributed by atoms with Gasteiger partial charge in [-0.2, -0.15) is 0 Å². The highest BCUT2D eigenvalue weighted by Gasteiger charge is 2.02. The van der Waals surface area contributed by atoms with Crippen LogP contribution in [0.3, 0.4) is 0 Å². The van der Waals surface area contributed by atoms with E-state index in [2.05, 4.69) is 6.92 Å². The van der Waals surface area contributed by atoms with Crippen LogP contribution in [0.2, 0.25) is 0 Å². The zero-order valence-corrected chi connectivity index (χ0v) is 8.22. The molecule has 0 aromatic heterocycles. The normalized spacial score (nSPS) is 10.2. The molecule has 1 nitrogen and oxygen atoms in total. The molecule has 0 unspecified atom stereocenters. The van der Waals surface area contributed by atoms with E-state index in [4.69, 9.17) is 4.74 Å². The first kappa shape index (κ1) is 11.0. The van der Waals surface area contributed by atoms with Gasteiger partial charge in [0.2, 0.25) is 0 Å². The lowest BCUT2D eigenvalue weighted by atomic mass is 10.3. The summed E-state index contributed by atoms with van der Waals surface area (Å²) in [6.07, 6.45) is 3.14. The van der Waals surface area contributed by atoms with E-state index < -0.39 is 11.6 Å². The van der Waals surface area contributed by atoms with Crippen LogP contribution in [-0.2, 0) is 0 Å². The Morgan fingerprint density at radius 2 is 1.93 bits per heavy atom. The van der Waals surface area contributed by atoms with Crippen LogP contribution >= 0.6 is 0 Å². The summed E-state index contributed by atoms with van der Waals surface area (Å²) in [5.41, 5.74) is 0. The van der Waals surface area contributed by atoms with Gasteiger partial charge in [0.05, 0.1) is 6.61 Å². The zero-order chi connectivity index (χ0) is 10.4. The van der Waals surface area contributed by atoms with Crippen molar-refractivity contribution in [1.82, 2.24) is 0 Å². The van der Waals surface area contributed by atoms with Crippen LogP contribution in [0, 0.1) is 11.6 Å². The Balaban J connectivity index is 2.39. The number of ether oxygens (including phenoxy) is 1. The second-order valence-electron chi connectivity index (χ2n) is 3.13. The summed E-state index contributed by atoms with van der Waals surface area (Å²) >= 11 is 0. The molecule has 14 heavy (non-hydrogen) atoms. The number of rotatable bonds is 5. The van der Waals surface area contributed by atoms with E-state index in [9.17, 15) is 8.78 Å². The molecular formula is C11H14F2O. The van der Waals surface area contributed by atoms with E-state index in [1.54, 1.807) is 0 Å². The van der Waals surface area contributed by atoms with Crippen LogP contribution in [0.4, 0.5) is 8.78 Å². The van der Waals surface area contributed by atoms with Crippen molar-refractivity contribution in [3.8, 4) is 5.75 Å². The quantitative estimate of drug-likeness (QED) is 0.660. The van der Waals surface area contributed by atoms with Crippen molar-refractivity contribution in [2.45, 2.75) is 26.2 Å². The van der Waals surface area contributed by atoms with Gasteiger partial charge in [0.25, 0.3) is 0 Å². The lowest BCUT2D eigenvalue weighted by Gasteiger charge is -2.05. The molecule has 0 saturated carbocycles.